The van der Waals surface area contributed by atoms with Gasteiger partial charge in [0.15, 0.2) is 0 Å². The van der Waals surface area contributed by atoms with Crippen LogP contribution in [0.2, 0.25) is 0 Å². The van der Waals surface area contributed by atoms with Gasteiger partial charge in [0.25, 0.3) is 11.6 Å². The van der Waals surface area contributed by atoms with Crippen molar-refractivity contribution in [2.24, 2.45) is 5.92 Å². The third-order valence-corrected chi connectivity index (χ3v) is 5.61. The molecule has 1 N–H and O–H groups in total. The minimum absolute atomic E-state index is 0.0989. The summed E-state index contributed by atoms with van der Waals surface area (Å²) in [6, 6.07) is 4.47. The number of carbonyl (C=O) groups is 1. The van der Waals surface area contributed by atoms with Gasteiger partial charge in [-0.1, -0.05) is 25.2 Å². The number of carbonyl (C=O) groups excluding carboxylic acids is 1. The Labute approximate surface area is 161 Å². The first kappa shape index (κ1) is 19.2. The molecule has 0 atom stereocenters. The SMILES string of the molecule is CCCc1nnc(NC(=O)c2cc([N+](=O)[O-])ccc2N2CCC(C)CC2)s1. The summed E-state index contributed by atoms with van der Waals surface area (Å²) in [5, 5.41) is 23.2. The highest BCUT2D eigenvalue weighted by Gasteiger charge is 2.24. The zero-order chi connectivity index (χ0) is 19.4. The van der Waals surface area contributed by atoms with Crippen LogP contribution in [0.3, 0.4) is 0 Å². The number of aryl methyl sites for hydroxylation is 1. The Bertz CT molecular complexity index is 830. The minimum atomic E-state index is -0.483. The summed E-state index contributed by atoms with van der Waals surface area (Å²) in [5.41, 5.74) is 0.924. The van der Waals surface area contributed by atoms with Crippen LogP contribution in [-0.2, 0) is 6.42 Å². The van der Waals surface area contributed by atoms with Crippen molar-refractivity contribution in [2.75, 3.05) is 23.3 Å². The van der Waals surface area contributed by atoms with E-state index in [1.54, 1.807) is 6.07 Å². The topological polar surface area (TPSA) is 101 Å². The van der Waals surface area contributed by atoms with Crippen molar-refractivity contribution in [3.8, 4) is 0 Å². The van der Waals surface area contributed by atoms with Crippen LogP contribution >= 0.6 is 11.3 Å². The summed E-state index contributed by atoms with van der Waals surface area (Å²) >= 11 is 1.33. The molecule has 1 aliphatic rings. The number of nitrogens with zero attached hydrogens (tertiary/aromatic N) is 4. The van der Waals surface area contributed by atoms with Crippen molar-refractivity contribution >= 4 is 33.8 Å². The summed E-state index contributed by atoms with van der Waals surface area (Å²) in [7, 11) is 0. The molecule has 0 saturated carbocycles. The number of aromatic nitrogens is 2. The monoisotopic (exact) mass is 389 g/mol. The molecule has 27 heavy (non-hydrogen) atoms. The number of nitro groups is 1. The standard InChI is InChI=1S/C18H23N5O3S/c1-3-4-16-20-21-18(27-16)19-17(24)14-11-13(23(25)26)5-6-15(14)22-9-7-12(2)8-10-22/h5-6,11-12H,3-4,7-10H2,1-2H3,(H,19,21,24). The summed E-state index contributed by atoms with van der Waals surface area (Å²) in [5.74, 6) is 0.251. The maximum atomic E-state index is 12.9. The number of anilines is 2. The van der Waals surface area contributed by atoms with Gasteiger partial charge in [0.2, 0.25) is 5.13 Å². The van der Waals surface area contributed by atoms with E-state index in [0.717, 1.165) is 49.5 Å². The van der Waals surface area contributed by atoms with Crippen LogP contribution in [0.25, 0.3) is 0 Å². The molecule has 1 amide bonds. The first-order valence-electron chi connectivity index (χ1n) is 9.15. The number of hydrogen-bond donors (Lipinski definition) is 1. The average Bonchev–Trinajstić information content (AvgIpc) is 3.09. The molecular formula is C18H23N5O3S. The lowest BCUT2D eigenvalue weighted by Crippen LogP contribution is -2.34. The van der Waals surface area contributed by atoms with Gasteiger partial charge in [-0.2, -0.15) is 0 Å². The van der Waals surface area contributed by atoms with Gasteiger partial charge in [0.05, 0.1) is 16.2 Å². The Kier molecular flexibility index (Phi) is 6.00. The van der Waals surface area contributed by atoms with E-state index in [1.807, 2.05) is 0 Å². The average molecular weight is 389 g/mol. The van der Waals surface area contributed by atoms with Crippen LogP contribution in [0.5, 0.6) is 0 Å². The van der Waals surface area contributed by atoms with E-state index in [1.165, 1.54) is 23.5 Å². The van der Waals surface area contributed by atoms with Gasteiger partial charge >= 0.3 is 0 Å². The summed E-state index contributed by atoms with van der Waals surface area (Å²) in [6.07, 6.45) is 3.83. The van der Waals surface area contributed by atoms with Gasteiger partial charge < -0.3 is 4.90 Å². The zero-order valence-corrected chi connectivity index (χ0v) is 16.3. The first-order valence-corrected chi connectivity index (χ1v) is 9.96. The minimum Gasteiger partial charge on any atom is -0.371 e. The number of amides is 1. The Morgan fingerprint density at radius 1 is 1.37 bits per heavy atom. The lowest BCUT2D eigenvalue weighted by Gasteiger charge is -2.33. The van der Waals surface area contributed by atoms with Crippen molar-refractivity contribution < 1.29 is 9.72 Å². The van der Waals surface area contributed by atoms with Crippen molar-refractivity contribution in [3.05, 3.63) is 38.9 Å². The van der Waals surface area contributed by atoms with Crippen LogP contribution in [0.1, 0.15) is 48.5 Å². The van der Waals surface area contributed by atoms with Crippen molar-refractivity contribution in [3.63, 3.8) is 0 Å². The Morgan fingerprint density at radius 2 is 2.11 bits per heavy atom. The van der Waals surface area contributed by atoms with Crippen molar-refractivity contribution in [2.45, 2.75) is 39.5 Å². The van der Waals surface area contributed by atoms with Crippen LogP contribution < -0.4 is 10.2 Å². The molecule has 2 heterocycles. The number of nitro benzene ring substituents is 1. The summed E-state index contributed by atoms with van der Waals surface area (Å²) < 4.78 is 0. The molecule has 0 aliphatic carbocycles. The van der Waals surface area contributed by atoms with Gasteiger partial charge in [-0.3, -0.25) is 20.2 Å². The normalized spacial score (nSPS) is 15.0. The fourth-order valence-corrected chi connectivity index (χ4v) is 3.96. The van der Waals surface area contributed by atoms with Gasteiger partial charge in [0, 0.05) is 31.6 Å². The first-order chi connectivity index (χ1) is 13.0. The van der Waals surface area contributed by atoms with Crippen LogP contribution in [-0.4, -0.2) is 34.1 Å². The predicted molar refractivity (Wildman–Crippen MR) is 106 cm³/mol. The van der Waals surface area contributed by atoms with E-state index in [0.29, 0.717) is 16.6 Å². The molecule has 1 aromatic heterocycles. The maximum Gasteiger partial charge on any atom is 0.270 e. The van der Waals surface area contributed by atoms with E-state index in [4.69, 9.17) is 0 Å². The number of nitrogens with one attached hydrogen (secondary N) is 1. The summed E-state index contributed by atoms with van der Waals surface area (Å²) in [4.78, 5) is 25.7. The largest absolute Gasteiger partial charge is 0.371 e. The van der Waals surface area contributed by atoms with E-state index < -0.39 is 10.8 Å². The van der Waals surface area contributed by atoms with Gasteiger partial charge in [-0.25, -0.2) is 0 Å². The molecule has 3 rings (SSSR count). The number of non-ortho nitro benzene ring substituents is 1. The Hall–Kier alpha value is -2.55. The molecule has 0 unspecified atom stereocenters. The highest BCUT2D eigenvalue weighted by Crippen LogP contribution is 2.30. The van der Waals surface area contributed by atoms with Gasteiger partial charge in [-0.15, -0.1) is 10.2 Å². The Morgan fingerprint density at radius 3 is 2.78 bits per heavy atom. The molecule has 2 aromatic rings. The third kappa shape index (κ3) is 4.60. The zero-order valence-electron chi connectivity index (χ0n) is 15.5. The molecule has 0 spiro atoms. The van der Waals surface area contributed by atoms with Crippen LogP contribution in [0, 0.1) is 16.0 Å². The lowest BCUT2D eigenvalue weighted by atomic mass is 9.98. The number of benzene rings is 1. The van der Waals surface area contributed by atoms with Crippen molar-refractivity contribution in [1.82, 2.24) is 10.2 Å². The molecular weight excluding hydrogens is 366 g/mol. The number of hydrogen-bond acceptors (Lipinski definition) is 7. The van der Waals surface area contributed by atoms with Crippen LogP contribution in [0.4, 0.5) is 16.5 Å². The fraction of sp³-hybridized carbons (Fsp3) is 0.500. The number of piperidine rings is 1. The molecule has 9 heteroatoms. The summed E-state index contributed by atoms with van der Waals surface area (Å²) in [6.45, 7) is 5.93. The van der Waals surface area contributed by atoms with E-state index in [-0.39, 0.29) is 5.69 Å². The smallest absolute Gasteiger partial charge is 0.270 e. The van der Waals surface area contributed by atoms with Crippen molar-refractivity contribution in [1.29, 1.82) is 0 Å². The molecule has 0 bridgehead atoms. The maximum absolute atomic E-state index is 12.9. The molecule has 1 saturated heterocycles. The lowest BCUT2D eigenvalue weighted by molar-refractivity contribution is -0.384. The third-order valence-electron chi connectivity index (χ3n) is 4.71. The molecule has 0 radical (unpaired) electrons. The predicted octanol–water partition coefficient (Wildman–Crippen LogP) is 3.89. The van der Waals surface area contributed by atoms with Gasteiger partial charge in [0.1, 0.15) is 5.01 Å². The van der Waals surface area contributed by atoms with Crippen LogP contribution in [0.15, 0.2) is 18.2 Å². The Balaban J connectivity index is 1.86. The fourth-order valence-electron chi connectivity index (χ4n) is 3.13. The number of rotatable bonds is 6. The molecule has 1 aromatic carbocycles. The van der Waals surface area contributed by atoms with E-state index >= 15 is 0 Å². The second-order valence-corrected chi connectivity index (χ2v) is 7.90. The molecule has 1 fully saturated rings. The quantitative estimate of drug-likeness (QED) is 0.594. The van der Waals surface area contributed by atoms with E-state index in [2.05, 4.69) is 34.3 Å². The highest BCUT2D eigenvalue weighted by molar-refractivity contribution is 7.15. The second-order valence-electron chi connectivity index (χ2n) is 6.83. The van der Waals surface area contributed by atoms with E-state index in [9.17, 15) is 14.9 Å². The molecule has 144 valence electrons. The molecule has 1 aliphatic heterocycles. The van der Waals surface area contributed by atoms with Gasteiger partial charge in [-0.05, 0) is 31.2 Å². The highest BCUT2D eigenvalue weighted by atomic mass is 32.1. The molecule has 8 nitrogen and oxygen atoms in total. The second kappa shape index (κ2) is 8.43.